The first-order chi connectivity index (χ1) is 5.20. The van der Waals surface area contributed by atoms with Gasteiger partial charge in [0.2, 0.25) is 0 Å². The summed E-state index contributed by atoms with van der Waals surface area (Å²) in [7, 11) is 0. The molecule has 0 unspecified atom stereocenters. The van der Waals surface area contributed by atoms with E-state index >= 15 is 0 Å². The van der Waals surface area contributed by atoms with Crippen LogP contribution in [0, 0.1) is 0 Å². The molecule has 0 aliphatic rings. The topological polar surface area (TPSA) is 54.9 Å². The summed E-state index contributed by atoms with van der Waals surface area (Å²) in [5.41, 5.74) is 0. The Hall–Kier alpha value is -0.970. The lowest BCUT2D eigenvalue weighted by atomic mass is 10.4. The van der Waals surface area contributed by atoms with Crippen molar-refractivity contribution >= 4 is 17.4 Å². The number of carbonyl (C=O) groups excluding carboxylic acids is 1. The molecule has 0 radical (unpaired) electrons. The molecule has 11 heavy (non-hydrogen) atoms. The minimum Gasteiger partial charge on any atom is -0.349 e. The molecule has 0 aliphatic carbocycles. The highest BCUT2D eigenvalue weighted by molar-refractivity contribution is 7.07. The third kappa shape index (κ3) is 2.27. The van der Waals surface area contributed by atoms with Crippen molar-refractivity contribution in [1.82, 2.24) is 14.9 Å². The van der Waals surface area contributed by atoms with Gasteiger partial charge in [0.05, 0.1) is 6.20 Å². The summed E-state index contributed by atoms with van der Waals surface area (Å²) in [4.78, 5) is 11.7. The van der Waals surface area contributed by atoms with Gasteiger partial charge in [0.15, 0.2) is 0 Å². The predicted molar refractivity (Wildman–Crippen MR) is 42.5 cm³/mol. The lowest BCUT2D eigenvalue weighted by Crippen LogP contribution is -2.29. The van der Waals surface area contributed by atoms with Crippen molar-refractivity contribution in [3.05, 3.63) is 11.1 Å². The van der Waals surface area contributed by atoms with Crippen LogP contribution in [0.15, 0.2) is 6.20 Å². The highest BCUT2D eigenvalue weighted by Gasteiger charge is 2.08. The smallest absolute Gasteiger partial charge is 0.264 e. The Morgan fingerprint density at radius 3 is 2.91 bits per heavy atom. The number of carbonyl (C=O) groups is 1. The average Bonchev–Trinajstić information content (AvgIpc) is 2.35. The SMILES string of the molecule is CC(C)NC(=O)c1cnns1. The Morgan fingerprint density at radius 1 is 1.73 bits per heavy atom. The fraction of sp³-hybridized carbons (Fsp3) is 0.500. The summed E-state index contributed by atoms with van der Waals surface area (Å²) in [5.74, 6) is -0.102. The zero-order valence-electron chi connectivity index (χ0n) is 6.37. The van der Waals surface area contributed by atoms with Crippen molar-refractivity contribution in [3.63, 3.8) is 0 Å². The van der Waals surface area contributed by atoms with Gasteiger partial charge in [-0.05, 0) is 25.4 Å². The van der Waals surface area contributed by atoms with Crippen LogP contribution in [0.4, 0.5) is 0 Å². The summed E-state index contributed by atoms with van der Waals surface area (Å²) in [6.45, 7) is 3.82. The van der Waals surface area contributed by atoms with E-state index in [4.69, 9.17) is 0 Å². The Morgan fingerprint density at radius 2 is 2.45 bits per heavy atom. The molecule has 0 atom stereocenters. The molecule has 0 aliphatic heterocycles. The molecule has 0 spiro atoms. The van der Waals surface area contributed by atoms with Gasteiger partial charge in [-0.1, -0.05) is 4.49 Å². The Bertz CT molecular complexity index is 232. The van der Waals surface area contributed by atoms with Gasteiger partial charge in [-0.3, -0.25) is 4.79 Å². The number of nitrogens with zero attached hydrogens (tertiary/aromatic N) is 2. The van der Waals surface area contributed by atoms with Crippen LogP contribution in [0.3, 0.4) is 0 Å². The van der Waals surface area contributed by atoms with Gasteiger partial charge >= 0.3 is 0 Å². The Balaban J connectivity index is 2.57. The first-order valence-corrected chi connectivity index (χ1v) is 4.05. The van der Waals surface area contributed by atoms with E-state index in [0.717, 1.165) is 11.5 Å². The van der Waals surface area contributed by atoms with Gasteiger partial charge in [0.25, 0.3) is 5.91 Å². The second kappa shape index (κ2) is 3.43. The van der Waals surface area contributed by atoms with E-state index in [1.54, 1.807) is 0 Å². The van der Waals surface area contributed by atoms with Crippen LogP contribution in [0.5, 0.6) is 0 Å². The quantitative estimate of drug-likeness (QED) is 0.711. The molecule has 0 fully saturated rings. The Labute approximate surface area is 68.8 Å². The maximum Gasteiger partial charge on any atom is 0.264 e. The number of amides is 1. The molecular formula is C6H9N3OS. The number of rotatable bonds is 2. The summed E-state index contributed by atoms with van der Waals surface area (Å²) >= 11 is 1.10. The first kappa shape index (κ1) is 8.13. The van der Waals surface area contributed by atoms with Gasteiger partial charge in [0.1, 0.15) is 4.88 Å². The first-order valence-electron chi connectivity index (χ1n) is 3.28. The minimum absolute atomic E-state index is 0.102. The molecule has 0 saturated carbocycles. The van der Waals surface area contributed by atoms with E-state index in [1.807, 2.05) is 13.8 Å². The zero-order chi connectivity index (χ0) is 8.27. The second-order valence-corrected chi connectivity index (χ2v) is 3.20. The van der Waals surface area contributed by atoms with Crippen molar-refractivity contribution in [2.45, 2.75) is 19.9 Å². The van der Waals surface area contributed by atoms with Crippen LogP contribution in [0.25, 0.3) is 0 Å². The molecular weight excluding hydrogens is 162 g/mol. The van der Waals surface area contributed by atoms with Crippen LogP contribution in [0.1, 0.15) is 23.5 Å². The molecule has 1 rings (SSSR count). The maximum atomic E-state index is 11.1. The summed E-state index contributed by atoms with van der Waals surface area (Å²) in [6, 6.07) is 0.157. The number of hydrogen-bond acceptors (Lipinski definition) is 4. The van der Waals surface area contributed by atoms with Gasteiger partial charge in [-0.25, -0.2) is 0 Å². The third-order valence-corrected chi connectivity index (χ3v) is 1.67. The standard InChI is InChI=1S/C6H9N3OS/c1-4(2)8-6(10)5-3-7-9-11-5/h3-4H,1-2H3,(H,8,10). The van der Waals surface area contributed by atoms with E-state index in [-0.39, 0.29) is 11.9 Å². The predicted octanol–water partition coefficient (Wildman–Crippen LogP) is 0.676. The third-order valence-electron chi connectivity index (χ3n) is 1.00. The number of hydrogen-bond donors (Lipinski definition) is 1. The van der Waals surface area contributed by atoms with E-state index in [1.165, 1.54) is 6.20 Å². The van der Waals surface area contributed by atoms with E-state index in [9.17, 15) is 4.79 Å². The summed E-state index contributed by atoms with van der Waals surface area (Å²) in [5, 5.41) is 6.29. The number of nitrogens with one attached hydrogen (secondary N) is 1. The van der Waals surface area contributed by atoms with Crippen LogP contribution in [-0.2, 0) is 0 Å². The molecule has 0 aromatic carbocycles. The fourth-order valence-electron chi connectivity index (χ4n) is 0.601. The molecule has 5 heteroatoms. The maximum absolute atomic E-state index is 11.1. The normalized spacial score (nSPS) is 10.1. The highest BCUT2D eigenvalue weighted by atomic mass is 32.1. The zero-order valence-corrected chi connectivity index (χ0v) is 7.18. The lowest BCUT2D eigenvalue weighted by Gasteiger charge is -2.04. The molecule has 1 aromatic rings. The molecule has 1 N–H and O–H groups in total. The molecule has 4 nitrogen and oxygen atoms in total. The van der Waals surface area contributed by atoms with Gasteiger partial charge in [-0.2, -0.15) is 0 Å². The molecule has 0 bridgehead atoms. The van der Waals surface area contributed by atoms with Crippen molar-refractivity contribution < 1.29 is 4.79 Å². The monoisotopic (exact) mass is 171 g/mol. The number of aromatic nitrogens is 2. The average molecular weight is 171 g/mol. The van der Waals surface area contributed by atoms with Crippen LogP contribution >= 0.6 is 11.5 Å². The van der Waals surface area contributed by atoms with Crippen LogP contribution < -0.4 is 5.32 Å². The van der Waals surface area contributed by atoms with Crippen molar-refractivity contribution in [2.75, 3.05) is 0 Å². The molecule has 0 saturated heterocycles. The lowest BCUT2D eigenvalue weighted by molar-refractivity contribution is 0.0947. The fourth-order valence-corrected chi connectivity index (χ4v) is 1.02. The van der Waals surface area contributed by atoms with Crippen molar-refractivity contribution in [2.24, 2.45) is 0 Å². The van der Waals surface area contributed by atoms with Crippen molar-refractivity contribution in [3.8, 4) is 0 Å². The van der Waals surface area contributed by atoms with Crippen LogP contribution in [0.2, 0.25) is 0 Å². The van der Waals surface area contributed by atoms with E-state index in [0.29, 0.717) is 4.88 Å². The molecule has 60 valence electrons. The largest absolute Gasteiger partial charge is 0.349 e. The summed E-state index contributed by atoms with van der Waals surface area (Å²) in [6.07, 6.45) is 1.46. The van der Waals surface area contributed by atoms with E-state index in [2.05, 4.69) is 14.9 Å². The molecule has 1 heterocycles. The molecule has 1 aromatic heterocycles. The van der Waals surface area contributed by atoms with Crippen molar-refractivity contribution in [1.29, 1.82) is 0 Å². The van der Waals surface area contributed by atoms with E-state index < -0.39 is 0 Å². The van der Waals surface area contributed by atoms with Gasteiger partial charge < -0.3 is 5.32 Å². The highest BCUT2D eigenvalue weighted by Crippen LogP contribution is 2.01. The summed E-state index contributed by atoms with van der Waals surface area (Å²) < 4.78 is 3.58. The minimum atomic E-state index is -0.102. The second-order valence-electron chi connectivity index (χ2n) is 2.41. The van der Waals surface area contributed by atoms with Gasteiger partial charge in [0, 0.05) is 6.04 Å². The van der Waals surface area contributed by atoms with Crippen LogP contribution in [-0.4, -0.2) is 21.5 Å². The Kier molecular flexibility index (Phi) is 2.53. The molecule has 1 amide bonds. The van der Waals surface area contributed by atoms with Gasteiger partial charge in [-0.15, -0.1) is 5.10 Å².